The number of benzene rings is 2. The summed E-state index contributed by atoms with van der Waals surface area (Å²) in [6, 6.07) is 17.2. The molecule has 0 saturated heterocycles. The molecule has 0 spiro atoms. The summed E-state index contributed by atoms with van der Waals surface area (Å²) in [7, 11) is 0. The zero-order valence-corrected chi connectivity index (χ0v) is 21.6. The molecular formula is C31H48O2. The molecule has 0 aliphatic rings. The zero-order chi connectivity index (χ0) is 23.6. The van der Waals surface area contributed by atoms with E-state index in [2.05, 4.69) is 62.4 Å². The molecule has 1 unspecified atom stereocenters. The van der Waals surface area contributed by atoms with E-state index in [1.165, 1.54) is 93.7 Å². The van der Waals surface area contributed by atoms with Crippen molar-refractivity contribution in [3.63, 3.8) is 0 Å². The van der Waals surface area contributed by atoms with Crippen LogP contribution in [0.2, 0.25) is 0 Å². The molecule has 0 amide bonds. The molecule has 2 aromatic carbocycles. The van der Waals surface area contributed by atoms with Crippen molar-refractivity contribution in [2.75, 3.05) is 13.2 Å². The van der Waals surface area contributed by atoms with E-state index >= 15 is 0 Å². The predicted octanol–water partition coefficient (Wildman–Crippen LogP) is 9.92. The molecule has 0 heterocycles. The molecule has 0 radical (unpaired) electrons. The Hall–Kier alpha value is -1.80. The Kier molecular flexibility index (Phi) is 14.7. The number of ether oxygens (including phenoxy) is 2. The second kappa shape index (κ2) is 17.6. The van der Waals surface area contributed by atoms with Crippen molar-refractivity contribution in [1.82, 2.24) is 0 Å². The Morgan fingerprint density at radius 3 is 1.52 bits per heavy atom. The first-order valence-electron chi connectivity index (χ1n) is 13.7. The van der Waals surface area contributed by atoms with Crippen LogP contribution < -0.4 is 4.74 Å². The van der Waals surface area contributed by atoms with Gasteiger partial charge in [-0.2, -0.15) is 0 Å². The van der Waals surface area contributed by atoms with E-state index in [0.717, 1.165) is 25.4 Å². The average Bonchev–Trinajstić information content (AvgIpc) is 2.85. The largest absolute Gasteiger partial charge is 0.494 e. The van der Waals surface area contributed by atoms with Gasteiger partial charge >= 0.3 is 0 Å². The van der Waals surface area contributed by atoms with Gasteiger partial charge in [-0.15, -0.1) is 0 Å². The molecular weight excluding hydrogens is 404 g/mol. The van der Waals surface area contributed by atoms with Gasteiger partial charge in [-0.25, -0.2) is 0 Å². The monoisotopic (exact) mass is 452 g/mol. The second-order valence-electron chi connectivity index (χ2n) is 9.34. The van der Waals surface area contributed by atoms with Crippen LogP contribution in [0.15, 0.2) is 48.5 Å². The lowest BCUT2D eigenvalue weighted by Gasteiger charge is -2.12. The highest BCUT2D eigenvalue weighted by Gasteiger charge is 2.05. The van der Waals surface area contributed by atoms with E-state index in [1.54, 1.807) is 0 Å². The Balaban J connectivity index is 1.52. The van der Waals surface area contributed by atoms with Crippen LogP contribution >= 0.6 is 0 Å². The summed E-state index contributed by atoms with van der Waals surface area (Å²) in [5.41, 5.74) is 3.67. The summed E-state index contributed by atoms with van der Waals surface area (Å²) in [4.78, 5) is 0. The third-order valence-electron chi connectivity index (χ3n) is 6.50. The summed E-state index contributed by atoms with van der Waals surface area (Å²) in [6.07, 6.45) is 18.1. The van der Waals surface area contributed by atoms with Crippen LogP contribution in [0.4, 0.5) is 0 Å². The maximum atomic E-state index is 5.96. The van der Waals surface area contributed by atoms with E-state index in [0.29, 0.717) is 0 Å². The van der Waals surface area contributed by atoms with Gasteiger partial charge in [-0.3, -0.25) is 0 Å². The summed E-state index contributed by atoms with van der Waals surface area (Å²) in [5.74, 6) is 0.972. The van der Waals surface area contributed by atoms with Crippen LogP contribution in [-0.2, 0) is 4.74 Å². The fraction of sp³-hybridized carbons (Fsp3) is 0.613. The molecule has 0 saturated carbocycles. The van der Waals surface area contributed by atoms with Crippen molar-refractivity contribution in [2.45, 2.75) is 110 Å². The molecule has 2 rings (SSSR count). The van der Waals surface area contributed by atoms with Crippen molar-refractivity contribution >= 4 is 0 Å². The number of unbranched alkanes of at least 4 members (excludes halogenated alkanes) is 12. The smallest absolute Gasteiger partial charge is 0.119 e. The Labute approximate surface area is 204 Å². The molecule has 2 nitrogen and oxygen atoms in total. The van der Waals surface area contributed by atoms with Crippen LogP contribution in [0.5, 0.6) is 5.75 Å². The number of rotatable bonds is 19. The van der Waals surface area contributed by atoms with Gasteiger partial charge < -0.3 is 9.47 Å². The Bertz CT molecular complexity index is 705. The van der Waals surface area contributed by atoms with Crippen LogP contribution in [0.3, 0.4) is 0 Å². The van der Waals surface area contributed by atoms with Gasteiger partial charge in [0.1, 0.15) is 5.75 Å². The normalized spacial score (nSPS) is 12.1. The van der Waals surface area contributed by atoms with Gasteiger partial charge in [0, 0.05) is 6.61 Å². The molecule has 0 aliphatic carbocycles. The van der Waals surface area contributed by atoms with Gasteiger partial charge in [0.25, 0.3) is 0 Å². The molecule has 2 heteroatoms. The molecule has 33 heavy (non-hydrogen) atoms. The highest BCUT2D eigenvalue weighted by molar-refractivity contribution is 5.64. The van der Waals surface area contributed by atoms with Gasteiger partial charge in [0.2, 0.25) is 0 Å². The van der Waals surface area contributed by atoms with Crippen LogP contribution in [-0.4, -0.2) is 13.2 Å². The van der Waals surface area contributed by atoms with Gasteiger partial charge in [0.05, 0.1) is 12.7 Å². The third kappa shape index (κ3) is 11.8. The molecule has 0 aliphatic heterocycles. The number of hydrogen-bond donors (Lipinski definition) is 0. The summed E-state index contributed by atoms with van der Waals surface area (Å²) in [5, 5.41) is 0. The first-order chi connectivity index (χ1) is 16.2. The van der Waals surface area contributed by atoms with E-state index in [1.807, 2.05) is 6.92 Å². The SMILES string of the molecule is CCCCCCCCCCCCCCCOc1ccc(-c2ccc(C(C)OCC)cc2)cc1. The standard InChI is InChI=1S/C31H48O2/c1-4-6-7-8-9-10-11-12-13-14-15-16-17-26-33-31-24-22-30(23-25-31)29-20-18-28(19-21-29)27(3)32-5-2/h18-25,27H,4-17,26H2,1-3H3. The molecule has 0 bridgehead atoms. The molecule has 184 valence electrons. The minimum Gasteiger partial charge on any atom is -0.494 e. The lowest BCUT2D eigenvalue weighted by molar-refractivity contribution is 0.0764. The van der Waals surface area contributed by atoms with Gasteiger partial charge in [-0.05, 0) is 49.1 Å². The molecule has 0 fully saturated rings. The number of hydrogen-bond acceptors (Lipinski definition) is 2. The maximum Gasteiger partial charge on any atom is 0.119 e. The van der Waals surface area contributed by atoms with Crippen molar-refractivity contribution in [3.8, 4) is 16.9 Å². The quantitative estimate of drug-likeness (QED) is 0.197. The fourth-order valence-corrected chi connectivity index (χ4v) is 4.35. The zero-order valence-electron chi connectivity index (χ0n) is 21.6. The topological polar surface area (TPSA) is 18.5 Å². The minimum absolute atomic E-state index is 0.143. The van der Waals surface area contributed by atoms with E-state index in [-0.39, 0.29) is 6.10 Å². The molecule has 0 aromatic heterocycles. The maximum absolute atomic E-state index is 5.96. The van der Waals surface area contributed by atoms with Crippen LogP contribution in [0.25, 0.3) is 11.1 Å². The highest BCUT2D eigenvalue weighted by atomic mass is 16.5. The van der Waals surface area contributed by atoms with Gasteiger partial charge in [-0.1, -0.05) is 120 Å². The highest BCUT2D eigenvalue weighted by Crippen LogP contribution is 2.25. The first kappa shape index (κ1) is 27.4. The van der Waals surface area contributed by atoms with Crippen molar-refractivity contribution < 1.29 is 9.47 Å². The third-order valence-corrected chi connectivity index (χ3v) is 6.50. The fourth-order valence-electron chi connectivity index (χ4n) is 4.35. The lowest BCUT2D eigenvalue weighted by atomic mass is 10.0. The van der Waals surface area contributed by atoms with E-state index in [4.69, 9.17) is 9.47 Å². The van der Waals surface area contributed by atoms with E-state index < -0.39 is 0 Å². The first-order valence-corrected chi connectivity index (χ1v) is 13.7. The van der Waals surface area contributed by atoms with Crippen molar-refractivity contribution in [1.29, 1.82) is 0 Å². The van der Waals surface area contributed by atoms with Crippen molar-refractivity contribution in [2.24, 2.45) is 0 Å². The summed E-state index contributed by atoms with van der Waals surface area (Å²) >= 11 is 0. The lowest BCUT2D eigenvalue weighted by Crippen LogP contribution is -1.99. The Morgan fingerprint density at radius 2 is 1.03 bits per heavy atom. The van der Waals surface area contributed by atoms with Crippen LogP contribution in [0, 0.1) is 0 Å². The van der Waals surface area contributed by atoms with Gasteiger partial charge in [0.15, 0.2) is 0 Å². The summed E-state index contributed by atoms with van der Waals surface area (Å²) in [6.45, 7) is 7.98. The molecule has 0 N–H and O–H groups in total. The predicted molar refractivity (Wildman–Crippen MR) is 143 cm³/mol. The van der Waals surface area contributed by atoms with Crippen LogP contribution in [0.1, 0.15) is 116 Å². The van der Waals surface area contributed by atoms with Crippen molar-refractivity contribution in [3.05, 3.63) is 54.1 Å². The summed E-state index contributed by atoms with van der Waals surface area (Å²) < 4.78 is 11.6. The molecule has 1 atom stereocenters. The Morgan fingerprint density at radius 1 is 0.576 bits per heavy atom. The second-order valence-corrected chi connectivity index (χ2v) is 9.34. The minimum atomic E-state index is 0.143. The average molecular weight is 453 g/mol. The molecule has 2 aromatic rings. The van der Waals surface area contributed by atoms with E-state index in [9.17, 15) is 0 Å².